The molecule has 0 heterocycles. The second-order valence-corrected chi connectivity index (χ2v) is 8.19. The van der Waals surface area contributed by atoms with Crippen LogP contribution in [-0.4, -0.2) is 12.5 Å². The Kier molecular flexibility index (Phi) is 7.79. The fourth-order valence-electron chi connectivity index (χ4n) is 4.26. The highest BCUT2D eigenvalue weighted by Gasteiger charge is 2.16. The van der Waals surface area contributed by atoms with Crippen molar-refractivity contribution in [3.8, 4) is 0 Å². The molecule has 2 saturated carbocycles. The molecule has 0 saturated heterocycles. The molecule has 0 N–H and O–H groups in total. The molecule has 26 heavy (non-hydrogen) atoms. The molecule has 0 bridgehead atoms. The maximum atomic E-state index is 6.27. The van der Waals surface area contributed by atoms with Gasteiger partial charge in [0.05, 0.1) is 12.3 Å². The van der Waals surface area contributed by atoms with Gasteiger partial charge in [0, 0.05) is 5.57 Å². The highest BCUT2D eigenvalue weighted by molar-refractivity contribution is 5.94. The Labute approximate surface area is 159 Å². The molecule has 0 spiro atoms. The van der Waals surface area contributed by atoms with E-state index in [0.717, 1.165) is 24.1 Å². The topological polar surface area (TPSA) is 21.6 Å². The van der Waals surface area contributed by atoms with E-state index in [0.29, 0.717) is 5.92 Å². The summed E-state index contributed by atoms with van der Waals surface area (Å²) in [4.78, 5) is 4.83. The lowest BCUT2D eigenvalue weighted by Gasteiger charge is -2.23. The molecule has 0 radical (unpaired) electrons. The van der Waals surface area contributed by atoms with E-state index in [2.05, 4.69) is 25.1 Å². The minimum Gasteiger partial charge on any atom is -0.477 e. The molecule has 2 aliphatic rings. The maximum absolute atomic E-state index is 6.27. The average Bonchev–Trinajstić information content (AvgIpc) is 2.71. The first-order valence-electron chi connectivity index (χ1n) is 10.7. The standard InChI is InChI=1S/C24H35NO/c1-20(17-18-21-11-5-2-6-12-21)24(25-23-15-9-4-10-16-23)26-19-22-13-7-3-8-14-22/h4,9-10,15-17,21-22H,2-3,5-8,11-14,18-19H2,1H3. The van der Waals surface area contributed by atoms with E-state index < -0.39 is 0 Å². The molecule has 1 aromatic carbocycles. The van der Waals surface area contributed by atoms with E-state index in [-0.39, 0.29) is 0 Å². The Morgan fingerprint density at radius 3 is 2.19 bits per heavy atom. The van der Waals surface area contributed by atoms with Crippen molar-refractivity contribution in [2.45, 2.75) is 77.6 Å². The largest absolute Gasteiger partial charge is 0.477 e. The van der Waals surface area contributed by atoms with Crippen LogP contribution in [0.5, 0.6) is 0 Å². The van der Waals surface area contributed by atoms with Crippen molar-refractivity contribution in [3.05, 3.63) is 42.0 Å². The molecule has 0 aromatic heterocycles. The van der Waals surface area contributed by atoms with Crippen LogP contribution >= 0.6 is 0 Å². The van der Waals surface area contributed by atoms with Gasteiger partial charge in [-0.1, -0.05) is 75.6 Å². The molecular formula is C24H35NO. The third-order valence-electron chi connectivity index (χ3n) is 5.99. The highest BCUT2D eigenvalue weighted by atomic mass is 16.5. The maximum Gasteiger partial charge on any atom is 0.216 e. The Bertz CT molecular complexity index is 577. The van der Waals surface area contributed by atoms with Crippen LogP contribution < -0.4 is 0 Å². The number of nitrogens with zero attached hydrogens (tertiary/aromatic N) is 1. The van der Waals surface area contributed by atoms with Crippen LogP contribution in [0.4, 0.5) is 5.69 Å². The van der Waals surface area contributed by atoms with Gasteiger partial charge in [-0.3, -0.25) is 0 Å². The van der Waals surface area contributed by atoms with Crippen molar-refractivity contribution in [1.82, 2.24) is 0 Å². The Morgan fingerprint density at radius 1 is 0.923 bits per heavy atom. The summed E-state index contributed by atoms with van der Waals surface area (Å²) in [5.74, 6) is 2.39. The lowest BCUT2D eigenvalue weighted by atomic mass is 9.86. The smallest absolute Gasteiger partial charge is 0.216 e. The number of rotatable bonds is 6. The zero-order valence-electron chi connectivity index (χ0n) is 16.5. The van der Waals surface area contributed by atoms with Gasteiger partial charge in [0.25, 0.3) is 0 Å². The second-order valence-electron chi connectivity index (χ2n) is 8.19. The number of benzene rings is 1. The van der Waals surface area contributed by atoms with Gasteiger partial charge >= 0.3 is 0 Å². The van der Waals surface area contributed by atoms with Gasteiger partial charge in [-0.2, -0.15) is 0 Å². The lowest BCUT2D eigenvalue weighted by Crippen LogP contribution is -2.17. The van der Waals surface area contributed by atoms with Crippen molar-refractivity contribution >= 4 is 11.6 Å². The number of allylic oxidation sites excluding steroid dienone is 1. The fourth-order valence-corrected chi connectivity index (χ4v) is 4.26. The van der Waals surface area contributed by atoms with Crippen LogP contribution in [0.1, 0.15) is 77.6 Å². The minimum absolute atomic E-state index is 0.705. The molecule has 2 aliphatic carbocycles. The monoisotopic (exact) mass is 353 g/mol. The van der Waals surface area contributed by atoms with Crippen molar-refractivity contribution < 1.29 is 4.74 Å². The summed E-state index contributed by atoms with van der Waals surface area (Å²) in [5.41, 5.74) is 2.19. The molecule has 2 heteroatoms. The highest BCUT2D eigenvalue weighted by Crippen LogP contribution is 2.28. The van der Waals surface area contributed by atoms with Gasteiger partial charge in [-0.15, -0.1) is 0 Å². The lowest BCUT2D eigenvalue weighted by molar-refractivity contribution is 0.199. The van der Waals surface area contributed by atoms with E-state index in [1.807, 2.05) is 18.2 Å². The van der Waals surface area contributed by atoms with Crippen molar-refractivity contribution in [2.75, 3.05) is 6.61 Å². The fraction of sp³-hybridized carbons (Fsp3) is 0.625. The van der Waals surface area contributed by atoms with Crippen molar-refractivity contribution in [1.29, 1.82) is 0 Å². The molecule has 1 aromatic rings. The predicted octanol–water partition coefficient (Wildman–Crippen LogP) is 7.23. The number of para-hydroxylation sites is 1. The number of aliphatic imine (C=N–C) groups is 1. The Balaban J connectivity index is 1.65. The summed E-state index contributed by atoms with van der Waals surface area (Å²) in [6.07, 6.45) is 17.3. The molecular weight excluding hydrogens is 318 g/mol. The first-order chi connectivity index (χ1) is 12.8. The zero-order chi connectivity index (χ0) is 18.0. The number of hydrogen-bond acceptors (Lipinski definition) is 2. The van der Waals surface area contributed by atoms with Gasteiger partial charge in [-0.05, 0) is 50.2 Å². The molecule has 0 unspecified atom stereocenters. The molecule has 2 fully saturated rings. The van der Waals surface area contributed by atoms with E-state index in [4.69, 9.17) is 9.73 Å². The van der Waals surface area contributed by atoms with Gasteiger partial charge in [0.2, 0.25) is 5.90 Å². The molecule has 2 nitrogen and oxygen atoms in total. The van der Waals surface area contributed by atoms with Gasteiger partial charge in [0.15, 0.2) is 0 Å². The van der Waals surface area contributed by atoms with E-state index in [1.165, 1.54) is 76.2 Å². The first-order valence-corrected chi connectivity index (χ1v) is 10.7. The van der Waals surface area contributed by atoms with Crippen LogP contribution in [0.25, 0.3) is 0 Å². The van der Waals surface area contributed by atoms with E-state index in [1.54, 1.807) is 0 Å². The zero-order valence-corrected chi connectivity index (χ0v) is 16.5. The minimum atomic E-state index is 0.705. The van der Waals surface area contributed by atoms with Crippen LogP contribution in [0.3, 0.4) is 0 Å². The van der Waals surface area contributed by atoms with E-state index >= 15 is 0 Å². The summed E-state index contributed by atoms with van der Waals surface area (Å²) in [6, 6.07) is 10.2. The molecule has 0 atom stereocenters. The SMILES string of the molecule is CC(=CCC1CCCCC1)C(=Nc1ccccc1)OCC1CCCCC1. The Hall–Kier alpha value is -1.57. The summed E-state index contributed by atoms with van der Waals surface area (Å²) < 4.78 is 6.27. The molecule has 142 valence electrons. The number of ether oxygens (including phenoxy) is 1. The molecule has 0 aliphatic heterocycles. The molecule has 3 rings (SSSR count). The van der Waals surface area contributed by atoms with Gasteiger partial charge in [-0.25, -0.2) is 4.99 Å². The Morgan fingerprint density at radius 2 is 1.54 bits per heavy atom. The van der Waals surface area contributed by atoms with Crippen molar-refractivity contribution in [2.24, 2.45) is 16.8 Å². The molecule has 0 amide bonds. The quantitative estimate of drug-likeness (QED) is 0.390. The third-order valence-corrected chi connectivity index (χ3v) is 5.99. The van der Waals surface area contributed by atoms with Crippen LogP contribution in [0, 0.1) is 11.8 Å². The second kappa shape index (κ2) is 10.5. The third kappa shape index (κ3) is 6.30. The van der Waals surface area contributed by atoms with Crippen LogP contribution in [0.15, 0.2) is 47.0 Å². The number of hydrogen-bond donors (Lipinski definition) is 0. The summed E-state index contributed by atoms with van der Waals surface area (Å²) in [5, 5.41) is 0. The normalized spacial score (nSPS) is 21.0. The van der Waals surface area contributed by atoms with Gasteiger partial charge < -0.3 is 4.74 Å². The predicted molar refractivity (Wildman–Crippen MR) is 111 cm³/mol. The van der Waals surface area contributed by atoms with Crippen LogP contribution in [-0.2, 0) is 4.74 Å². The van der Waals surface area contributed by atoms with E-state index in [9.17, 15) is 0 Å². The van der Waals surface area contributed by atoms with Crippen LogP contribution in [0.2, 0.25) is 0 Å². The summed E-state index contributed by atoms with van der Waals surface area (Å²) in [7, 11) is 0. The average molecular weight is 354 g/mol. The first kappa shape index (κ1) is 19.2. The summed E-state index contributed by atoms with van der Waals surface area (Å²) >= 11 is 0. The summed E-state index contributed by atoms with van der Waals surface area (Å²) in [6.45, 7) is 2.99. The van der Waals surface area contributed by atoms with Gasteiger partial charge in [0.1, 0.15) is 0 Å². The van der Waals surface area contributed by atoms with Crippen molar-refractivity contribution in [3.63, 3.8) is 0 Å².